The topological polar surface area (TPSA) is 76.5 Å². The van der Waals surface area contributed by atoms with Gasteiger partial charge in [0.1, 0.15) is 5.82 Å². The highest BCUT2D eigenvalue weighted by molar-refractivity contribution is 7.98. The van der Waals surface area contributed by atoms with Crippen molar-refractivity contribution < 1.29 is 14.3 Å². The first kappa shape index (κ1) is 19.3. The quantitative estimate of drug-likeness (QED) is 0.756. The van der Waals surface area contributed by atoms with Crippen LogP contribution < -0.4 is 5.32 Å². The highest BCUT2D eigenvalue weighted by Gasteiger charge is 2.32. The Bertz CT molecular complexity index is 922. The number of ether oxygens (including phenoxy) is 1. The number of morpholine rings is 1. The van der Waals surface area contributed by atoms with Crippen LogP contribution >= 0.6 is 23.4 Å². The van der Waals surface area contributed by atoms with Crippen molar-refractivity contribution in [3.8, 4) is 5.69 Å². The molecule has 0 radical (unpaired) electrons. The molecule has 9 heteroatoms. The minimum atomic E-state index is -0.663. The summed E-state index contributed by atoms with van der Waals surface area (Å²) in [6, 6.07) is 7.25. The number of fused-ring (bicyclic) bond motifs is 1. The lowest BCUT2D eigenvalue weighted by Gasteiger charge is -2.34. The molecular weight excluding hydrogens is 400 g/mol. The van der Waals surface area contributed by atoms with Crippen molar-refractivity contribution in [1.29, 1.82) is 0 Å². The summed E-state index contributed by atoms with van der Waals surface area (Å²) in [5.41, 5.74) is 2.61. The summed E-state index contributed by atoms with van der Waals surface area (Å²) in [7, 11) is 0. The molecule has 4 rings (SSSR count). The van der Waals surface area contributed by atoms with E-state index in [1.165, 1.54) is 0 Å². The molecule has 2 atom stereocenters. The number of amides is 2. The van der Waals surface area contributed by atoms with E-state index >= 15 is 0 Å². The van der Waals surface area contributed by atoms with Crippen LogP contribution in [-0.4, -0.2) is 51.8 Å². The number of carbonyl (C=O) groups excluding carboxylic acids is 2. The van der Waals surface area contributed by atoms with Crippen molar-refractivity contribution in [2.45, 2.75) is 37.6 Å². The number of nitrogens with one attached hydrogen (secondary N) is 1. The van der Waals surface area contributed by atoms with E-state index in [0.29, 0.717) is 23.9 Å². The lowest BCUT2D eigenvalue weighted by molar-refractivity contribution is -0.151. The molecule has 1 aromatic carbocycles. The van der Waals surface area contributed by atoms with Gasteiger partial charge in [-0.3, -0.25) is 9.59 Å². The van der Waals surface area contributed by atoms with E-state index in [2.05, 4.69) is 10.4 Å². The Morgan fingerprint density at radius 3 is 2.71 bits per heavy atom. The summed E-state index contributed by atoms with van der Waals surface area (Å²) in [5.74, 6) is 0.836. The zero-order chi connectivity index (χ0) is 19.8. The van der Waals surface area contributed by atoms with E-state index in [1.54, 1.807) is 33.5 Å². The van der Waals surface area contributed by atoms with E-state index in [-0.39, 0.29) is 12.2 Å². The second-order valence-electron chi connectivity index (χ2n) is 7.08. The van der Waals surface area contributed by atoms with Gasteiger partial charge in [-0.05, 0) is 32.0 Å². The zero-order valence-corrected chi connectivity index (χ0v) is 17.2. The van der Waals surface area contributed by atoms with Crippen molar-refractivity contribution >= 4 is 41.0 Å². The SMILES string of the molecule is C[C@H]1CN(C(=O)C(=O)Nc2c3c(nn2-c2cccc(Cl)c2)CSC3)C[C@H](C)O1. The lowest BCUT2D eigenvalue weighted by Crippen LogP contribution is -2.51. The number of hydrogen-bond acceptors (Lipinski definition) is 5. The molecule has 0 bridgehead atoms. The van der Waals surface area contributed by atoms with Gasteiger partial charge in [-0.2, -0.15) is 16.9 Å². The van der Waals surface area contributed by atoms with Gasteiger partial charge in [-0.1, -0.05) is 17.7 Å². The molecule has 148 valence electrons. The molecule has 1 aromatic heterocycles. The molecular formula is C19H21ClN4O3S. The normalized spacial score (nSPS) is 21.5. The van der Waals surface area contributed by atoms with Crippen LogP contribution in [0.15, 0.2) is 24.3 Å². The Morgan fingerprint density at radius 1 is 1.25 bits per heavy atom. The van der Waals surface area contributed by atoms with E-state index in [0.717, 1.165) is 28.5 Å². The highest BCUT2D eigenvalue weighted by Crippen LogP contribution is 2.36. The van der Waals surface area contributed by atoms with Crippen molar-refractivity contribution in [1.82, 2.24) is 14.7 Å². The molecule has 1 saturated heterocycles. The third-order valence-corrected chi connectivity index (χ3v) is 5.94. The second kappa shape index (κ2) is 7.77. The molecule has 2 aromatic rings. The molecule has 0 aliphatic carbocycles. The van der Waals surface area contributed by atoms with Crippen molar-refractivity contribution in [3.05, 3.63) is 40.5 Å². The Balaban J connectivity index is 1.61. The molecule has 0 saturated carbocycles. The first-order chi connectivity index (χ1) is 13.4. The highest BCUT2D eigenvalue weighted by atomic mass is 35.5. The van der Waals surface area contributed by atoms with Gasteiger partial charge in [0.05, 0.1) is 23.6 Å². The number of thioether (sulfide) groups is 1. The van der Waals surface area contributed by atoms with Gasteiger partial charge in [0.25, 0.3) is 0 Å². The average Bonchev–Trinajstić information content (AvgIpc) is 3.23. The fraction of sp³-hybridized carbons (Fsp3) is 0.421. The summed E-state index contributed by atoms with van der Waals surface area (Å²) >= 11 is 7.85. The third-order valence-electron chi connectivity index (χ3n) is 4.74. The van der Waals surface area contributed by atoms with Gasteiger partial charge >= 0.3 is 11.8 Å². The molecule has 2 amide bonds. The minimum Gasteiger partial charge on any atom is -0.372 e. The van der Waals surface area contributed by atoms with E-state index < -0.39 is 11.8 Å². The van der Waals surface area contributed by atoms with E-state index in [4.69, 9.17) is 16.3 Å². The monoisotopic (exact) mass is 420 g/mol. The van der Waals surface area contributed by atoms with Gasteiger partial charge in [0.2, 0.25) is 0 Å². The number of rotatable bonds is 2. The Labute approximate surface area is 172 Å². The van der Waals surface area contributed by atoms with Crippen LogP contribution in [0.1, 0.15) is 25.1 Å². The predicted octanol–water partition coefficient (Wildman–Crippen LogP) is 2.85. The van der Waals surface area contributed by atoms with E-state index in [1.807, 2.05) is 26.0 Å². The van der Waals surface area contributed by atoms with Gasteiger partial charge in [0, 0.05) is 35.2 Å². The summed E-state index contributed by atoms with van der Waals surface area (Å²) in [6.07, 6.45) is -0.198. The fourth-order valence-electron chi connectivity index (χ4n) is 3.58. The molecule has 0 spiro atoms. The van der Waals surface area contributed by atoms with Crippen LogP contribution in [0.4, 0.5) is 5.82 Å². The molecule has 1 N–H and O–H groups in total. The van der Waals surface area contributed by atoms with Crippen LogP contribution in [0.2, 0.25) is 5.02 Å². The average molecular weight is 421 g/mol. The van der Waals surface area contributed by atoms with E-state index in [9.17, 15) is 9.59 Å². The molecule has 7 nitrogen and oxygen atoms in total. The maximum absolute atomic E-state index is 12.8. The third kappa shape index (κ3) is 3.76. The number of aromatic nitrogens is 2. The minimum absolute atomic E-state index is 0.0989. The first-order valence-corrected chi connectivity index (χ1v) is 10.7. The van der Waals surface area contributed by atoms with Gasteiger partial charge < -0.3 is 15.0 Å². The van der Waals surface area contributed by atoms with Crippen LogP contribution in [0.25, 0.3) is 5.69 Å². The van der Waals surface area contributed by atoms with Crippen LogP contribution in [0.3, 0.4) is 0 Å². The number of halogens is 1. The molecule has 0 unspecified atom stereocenters. The smallest absolute Gasteiger partial charge is 0.315 e. The summed E-state index contributed by atoms with van der Waals surface area (Å²) < 4.78 is 7.30. The number of nitrogens with zero attached hydrogens (tertiary/aromatic N) is 3. The van der Waals surface area contributed by atoms with Crippen molar-refractivity contribution in [2.75, 3.05) is 18.4 Å². The zero-order valence-electron chi connectivity index (χ0n) is 15.6. The number of anilines is 1. The Hall–Kier alpha value is -2.03. The molecule has 2 aliphatic rings. The van der Waals surface area contributed by atoms with Crippen LogP contribution in [0.5, 0.6) is 0 Å². The number of hydrogen-bond donors (Lipinski definition) is 1. The molecule has 2 aliphatic heterocycles. The molecule has 28 heavy (non-hydrogen) atoms. The molecule has 3 heterocycles. The number of carbonyl (C=O) groups is 2. The number of benzene rings is 1. The standard InChI is InChI=1S/C19H21ClN4O3S/c1-11-7-23(8-12(2)27-11)19(26)18(25)21-17-15-9-28-10-16(15)22-24(17)14-5-3-4-13(20)6-14/h3-6,11-12H,7-10H2,1-2H3,(H,21,25)/t11-,12-/m0/s1. The second-order valence-corrected chi connectivity index (χ2v) is 8.50. The summed E-state index contributed by atoms with van der Waals surface area (Å²) in [4.78, 5) is 27.0. The van der Waals surface area contributed by atoms with Gasteiger partial charge in [-0.15, -0.1) is 0 Å². The van der Waals surface area contributed by atoms with Crippen molar-refractivity contribution in [3.63, 3.8) is 0 Å². The van der Waals surface area contributed by atoms with Crippen molar-refractivity contribution in [2.24, 2.45) is 0 Å². The Kier molecular flexibility index (Phi) is 5.35. The summed E-state index contributed by atoms with van der Waals surface area (Å²) in [6.45, 7) is 4.59. The Morgan fingerprint density at radius 2 is 2.00 bits per heavy atom. The van der Waals surface area contributed by atoms with Crippen LogP contribution in [0, 0.1) is 0 Å². The first-order valence-electron chi connectivity index (χ1n) is 9.12. The maximum atomic E-state index is 12.8. The van der Waals surface area contributed by atoms with Gasteiger partial charge in [0.15, 0.2) is 0 Å². The molecule has 1 fully saturated rings. The maximum Gasteiger partial charge on any atom is 0.315 e. The lowest BCUT2D eigenvalue weighted by atomic mass is 10.2. The predicted molar refractivity (Wildman–Crippen MR) is 109 cm³/mol. The van der Waals surface area contributed by atoms with Gasteiger partial charge in [-0.25, -0.2) is 4.68 Å². The van der Waals surface area contributed by atoms with Crippen LogP contribution in [-0.2, 0) is 25.8 Å². The largest absolute Gasteiger partial charge is 0.372 e. The summed E-state index contributed by atoms with van der Waals surface area (Å²) in [5, 5.41) is 8.01. The fourth-order valence-corrected chi connectivity index (χ4v) is 4.80.